The van der Waals surface area contributed by atoms with Crippen molar-refractivity contribution >= 4 is 22.5 Å². The Labute approximate surface area is 167 Å². The van der Waals surface area contributed by atoms with Gasteiger partial charge in [-0.05, 0) is 48.2 Å². The molecule has 1 amide bonds. The molecule has 2 N–H and O–H groups in total. The Morgan fingerprint density at radius 2 is 2.03 bits per heavy atom. The van der Waals surface area contributed by atoms with Gasteiger partial charge < -0.3 is 15.4 Å². The van der Waals surface area contributed by atoms with E-state index in [2.05, 4.69) is 15.5 Å². The smallest absolute Gasteiger partial charge is 0.258 e. The number of hydrazone groups is 1. The minimum atomic E-state index is -0.277. The SMILES string of the molecule is CN/N=C(\C)c1c2c(c(O)c3ncc(Cc4ccc(F)cc4)cc13)C(=O)N(C)C2. The second-order valence-electron chi connectivity index (χ2n) is 7.20. The van der Waals surface area contributed by atoms with Gasteiger partial charge in [0.25, 0.3) is 5.91 Å². The molecule has 148 valence electrons. The predicted octanol–water partition coefficient (Wildman–Crippen LogP) is 3.20. The average Bonchev–Trinajstić information content (AvgIpc) is 2.98. The largest absolute Gasteiger partial charge is 0.505 e. The van der Waals surface area contributed by atoms with Crippen LogP contribution in [0.1, 0.15) is 39.5 Å². The molecule has 0 radical (unpaired) electrons. The van der Waals surface area contributed by atoms with Crippen molar-refractivity contribution in [2.24, 2.45) is 5.10 Å². The molecule has 0 saturated carbocycles. The van der Waals surface area contributed by atoms with Crippen LogP contribution in [0.4, 0.5) is 4.39 Å². The van der Waals surface area contributed by atoms with Crippen LogP contribution < -0.4 is 5.43 Å². The van der Waals surface area contributed by atoms with Crippen LogP contribution >= 0.6 is 0 Å². The summed E-state index contributed by atoms with van der Waals surface area (Å²) in [5.74, 6) is -0.602. The number of rotatable bonds is 4. The highest BCUT2D eigenvalue weighted by Gasteiger charge is 2.33. The van der Waals surface area contributed by atoms with Crippen LogP contribution in [0.5, 0.6) is 5.75 Å². The lowest BCUT2D eigenvalue weighted by atomic mass is 9.92. The van der Waals surface area contributed by atoms with Crippen molar-refractivity contribution in [2.45, 2.75) is 19.9 Å². The zero-order valence-electron chi connectivity index (χ0n) is 16.5. The number of hydrogen-bond acceptors (Lipinski definition) is 5. The lowest BCUT2D eigenvalue weighted by Crippen LogP contribution is -2.17. The number of pyridine rings is 1. The summed E-state index contributed by atoms with van der Waals surface area (Å²) in [5.41, 5.74) is 7.58. The molecule has 3 aromatic rings. The number of nitrogens with zero attached hydrogens (tertiary/aromatic N) is 3. The molecule has 0 unspecified atom stereocenters. The fourth-order valence-electron chi connectivity index (χ4n) is 3.90. The molecule has 0 spiro atoms. The first-order valence-corrected chi connectivity index (χ1v) is 9.28. The number of halogens is 1. The first-order chi connectivity index (χ1) is 13.9. The van der Waals surface area contributed by atoms with Crippen molar-refractivity contribution in [3.8, 4) is 5.75 Å². The van der Waals surface area contributed by atoms with Crippen LogP contribution in [-0.2, 0) is 13.0 Å². The van der Waals surface area contributed by atoms with Crippen molar-refractivity contribution in [1.29, 1.82) is 0 Å². The Hall–Kier alpha value is -3.48. The monoisotopic (exact) mass is 392 g/mol. The number of aromatic nitrogens is 1. The van der Waals surface area contributed by atoms with Gasteiger partial charge in [-0.3, -0.25) is 9.78 Å². The zero-order valence-corrected chi connectivity index (χ0v) is 16.5. The normalized spacial score (nSPS) is 13.9. The van der Waals surface area contributed by atoms with Crippen molar-refractivity contribution in [3.05, 3.63) is 70.2 Å². The molecule has 29 heavy (non-hydrogen) atoms. The fraction of sp³-hybridized carbons (Fsp3) is 0.227. The van der Waals surface area contributed by atoms with E-state index in [9.17, 15) is 14.3 Å². The molecular formula is C22H21FN4O2. The summed E-state index contributed by atoms with van der Waals surface area (Å²) in [7, 11) is 3.41. The van der Waals surface area contributed by atoms with Crippen molar-refractivity contribution in [2.75, 3.05) is 14.1 Å². The van der Waals surface area contributed by atoms with E-state index in [-0.39, 0.29) is 17.5 Å². The number of benzene rings is 2. The van der Waals surface area contributed by atoms with Gasteiger partial charge in [0.15, 0.2) is 5.75 Å². The molecule has 0 bridgehead atoms. The molecule has 0 fully saturated rings. The Balaban J connectivity index is 1.93. The van der Waals surface area contributed by atoms with Gasteiger partial charge in [-0.15, -0.1) is 0 Å². The number of phenolic OH excluding ortho intramolecular Hbond substituents is 1. The Bertz CT molecular complexity index is 1160. The molecule has 1 aromatic heterocycles. The highest BCUT2D eigenvalue weighted by molar-refractivity contribution is 6.17. The third-order valence-corrected chi connectivity index (χ3v) is 5.20. The van der Waals surface area contributed by atoms with Crippen molar-refractivity contribution in [1.82, 2.24) is 15.3 Å². The molecule has 6 nitrogen and oxygen atoms in total. The van der Waals surface area contributed by atoms with Gasteiger partial charge in [-0.2, -0.15) is 5.10 Å². The lowest BCUT2D eigenvalue weighted by molar-refractivity contribution is 0.0814. The van der Waals surface area contributed by atoms with Crippen LogP contribution in [0, 0.1) is 5.82 Å². The standard InChI is InChI=1S/C22H21FN4O2/c1-12(26-24-2)18-16-9-14(8-13-4-6-15(23)7-5-13)10-25-20(16)21(28)19-17(18)11-27(3)22(19)29/h4-7,9-10,24,28H,8,11H2,1-3H3/b26-12+. The topological polar surface area (TPSA) is 77.8 Å². The molecule has 0 aliphatic carbocycles. The minimum absolute atomic E-state index is 0.0984. The molecule has 0 atom stereocenters. The van der Waals surface area contributed by atoms with E-state index < -0.39 is 0 Å². The third-order valence-electron chi connectivity index (χ3n) is 5.20. The number of amides is 1. The van der Waals surface area contributed by atoms with Crippen molar-refractivity contribution < 1.29 is 14.3 Å². The van der Waals surface area contributed by atoms with E-state index in [0.29, 0.717) is 29.8 Å². The maximum Gasteiger partial charge on any atom is 0.258 e. The summed E-state index contributed by atoms with van der Waals surface area (Å²) in [6, 6.07) is 8.29. The Morgan fingerprint density at radius 1 is 1.31 bits per heavy atom. The van der Waals surface area contributed by atoms with Crippen LogP contribution in [-0.4, -0.2) is 40.7 Å². The lowest BCUT2D eigenvalue weighted by Gasteiger charge is -2.14. The van der Waals surface area contributed by atoms with Gasteiger partial charge in [0, 0.05) is 37.8 Å². The molecule has 1 aliphatic rings. The molecular weight excluding hydrogens is 371 g/mol. The average molecular weight is 392 g/mol. The fourth-order valence-corrected chi connectivity index (χ4v) is 3.90. The first-order valence-electron chi connectivity index (χ1n) is 9.28. The summed E-state index contributed by atoms with van der Waals surface area (Å²) >= 11 is 0. The van der Waals surface area contributed by atoms with Crippen LogP contribution in [0.15, 0.2) is 41.6 Å². The van der Waals surface area contributed by atoms with E-state index in [1.165, 1.54) is 12.1 Å². The summed E-state index contributed by atoms with van der Waals surface area (Å²) in [6.07, 6.45) is 2.25. The van der Waals surface area contributed by atoms with Gasteiger partial charge in [0.1, 0.15) is 11.3 Å². The number of aromatic hydroxyl groups is 1. The number of phenols is 1. The third kappa shape index (κ3) is 3.18. The van der Waals surface area contributed by atoms with Gasteiger partial charge in [-0.1, -0.05) is 12.1 Å². The molecule has 4 rings (SSSR count). The van der Waals surface area contributed by atoms with E-state index in [1.54, 1.807) is 37.3 Å². The number of carbonyl (C=O) groups is 1. The van der Waals surface area contributed by atoms with Crippen LogP contribution in [0.3, 0.4) is 0 Å². The van der Waals surface area contributed by atoms with Gasteiger partial charge in [0.05, 0.1) is 11.3 Å². The zero-order chi connectivity index (χ0) is 20.7. The van der Waals surface area contributed by atoms with Gasteiger partial charge in [-0.25, -0.2) is 4.39 Å². The second kappa shape index (κ2) is 7.16. The maximum atomic E-state index is 13.2. The molecule has 2 heterocycles. The molecule has 0 saturated heterocycles. The Kier molecular flexibility index (Phi) is 4.66. The number of carbonyl (C=O) groups excluding carboxylic acids is 1. The summed E-state index contributed by atoms with van der Waals surface area (Å²) < 4.78 is 13.2. The quantitative estimate of drug-likeness (QED) is 0.528. The molecule has 1 aliphatic heterocycles. The van der Waals surface area contributed by atoms with Gasteiger partial charge >= 0.3 is 0 Å². The highest BCUT2D eigenvalue weighted by Crippen LogP contribution is 2.39. The Morgan fingerprint density at radius 3 is 2.72 bits per heavy atom. The minimum Gasteiger partial charge on any atom is -0.505 e. The first kappa shape index (κ1) is 18.9. The maximum absolute atomic E-state index is 13.2. The number of fused-ring (bicyclic) bond motifs is 2. The summed E-state index contributed by atoms with van der Waals surface area (Å²) in [5, 5.41) is 15.8. The summed E-state index contributed by atoms with van der Waals surface area (Å²) in [4.78, 5) is 18.6. The van der Waals surface area contributed by atoms with Crippen LogP contribution in [0.25, 0.3) is 10.9 Å². The molecule has 7 heteroatoms. The predicted molar refractivity (Wildman–Crippen MR) is 110 cm³/mol. The van der Waals surface area contributed by atoms with Crippen LogP contribution in [0.2, 0.25) is 0 Å². The number of hydrogen-bond donors (Lipinski definition) is 2. The van der Waals surface area contributed by atoms with E-state index in [0.717, 1.165) is 27.6 Å². The van der Waals surface area contributed by atoms with Crippen molar-refractivity contribution in [3.63, 3.8) is 0 Å². The summed E-state index contributed by atoms with van der Waals surface area (Å²) in [6.45, 7) is 2.25. The van der Waals surface area contributed by atoms with E-state index >= 15 is 0 Å². The van der Waals surface area contributed by atoms with E-state index in [1.807, 2.05) is 13.0 Å². The van der Waals surface area contributed by atoms with E-state index in [4.69, 9.17) is 0 Å². The highest BCUT2D eigenvalue weighted by atomic mass is 19.1. The second-order valence-corrected chi connectivity index (χ2v) is 7.20. The molecule has 2 aromatic carbocycles. The van der Waals surface area contributed by atoms with Gasteiger partial charge in [0.2, 0.25) is 0 Å². The number of nitrogens with one attached hydrogen (secondary N) is 1.